The fourth-order valence-electron chi connectivity index (χ4n) is 1.77. The zero-order valence-corrected chi connectivity index (χ0v) is 8.62. The van der Waals surface area contributed by atoms with Crippen LogP contribution in [0.5, 0.6) is 0 Å². The van der Waals surface area contributed by atoms with Crippen molar-refractivity contribution in [2.45, 2.75) is 37.9 Å². The highest BCUT2D eigenvalue weighted by molar-refractivity contribution is 4.73. The highest BCUT2D eigenvalue weighted by Crippen LogP contribution is 2.22. The third-order valence-corrected chi connectivity index (χ3v) is 2.55. The Labute approximate surface area is 80.4 Å². The van der Waals surface area contributed by atoms with Crippen molar-refractivity contribution in [2.75, 3.05) is 27.4 Å². The van der Waals surface area contributed by atoms with Crippen LogP contribution in [0.2, 0.25) is 0 Å². The summed E-state index contributed by atoms with van der Waals surface area (Å²) in [4.78, 5) is 0. The van der Waals surface area contributed by atoms with Gasteiger partial charge in [-0.2, -0.15) is 0 Å². The van der Waals surface area contributed by atoms with Gasteiger partial charge >= 0.3 is 0 Å². The number of hydrogen-bond acceptors (Lipinski definition) is 3. The molecule has 1 saturated carbocycles. The van der Waals surface area contributed by atoms with Crippen LogP contribution in [-0.2, 0) is 14.2 Å². The van der Waals surface area contributed by atoms with Crippen molar-refractivity contribution in [1.82, 2.24) is 0 Å². The van der Waals surface area contributed by atoms with E-state index in [1.165, 1.54) is 19.3 Å². The first-order valence-corrected chi connectivity index (χ1v) is 5.00. The SMILES string of the molecule is COCCOC1CCCC(OC)C1. The van der Waals surface area contributed by atoms with Gasteiger partial charge in [0, 0.05) is 14.2 Å². The van der Waals surface area contributed by atoms with Crippen molar-refractivity contribution in [3.8, 4) is 0 Å². The van der Waals surface area contributed by atoms with Crippen molar-refractivity contribution >= 4 is 0 Å². The van der Waals surface area contributed by atoms with Gasteiger partial charge in [0.05, 0.1) is 25.4 Å². The molecule has 1 fully saturated rings. The Kier molecular flexibility index (Phi) is 5.35. The number of methoxy groups -OCH3 is 2. The lowest BCUT2D eigenvalue weighted by Crippen LogP contribution is -2.28. The van der Waals surface area contributed by atoms with E-state index in [1.807, 2.05) is 0 Å². The molecule has 0 bridgehead atoms. The van der Waals surface area contributed by atoms with Gasteiger partial charge in [-0.05, 0) is 25.7 Å². The number of ether oxygens (including phenoxy) is 3. The third kappa shape index (κ3) is 4.07. The normalized spacial score (nSPS) is 29.1. The molecule has 0 heterocycles. The van der Waals surface area contributed by atoms with Crippen LogP contribution in [0, 0.1) is 0 Å². The quantitative estimate of drug-likeness (QED) is 0.613. The number of rotatable bonds is 5. The minimum atomic E-state index is 0.383. The van der Waals surface area contributed by atoms with Crippen LogP contribution in [0.4, 0.5) is 0 Å². The molecule has 0 amide bonds. The molecule has 0 aromatic rings. The van der Waals surface area contributed by atoms with E-state index >= 15 is 0 Å². The second-order valence-corrected chi connectivity index (χ2v) is 3.51. The van der Waals surface area contributed by atoms with Crippen LogP contribution >= 0.6 is 0 Å². The lowest BCUT2D eigenvalue weighted by atomic mass is 9.95. The predicted octanol–water partition coefficient (Wildman–Crippen LogP) is 1.61. The van der Waals surface area contributed by atoms with Crippen LogP contribution in [0.15, 0.2) is 0 Å². The lowest BCUT2D eigenvalue weighted by Gasteiger charge is -2.28. The average molecular weight is 188 g/mol. The van der Waals surface area contributed by atoms with Crippen molar-refractivity contribution in [2.24, 2.45) is 0 Å². The first kappa shape index (κ1) is 11.0. The molecule has 0 spiro atoms. The van der Waals surface area contributed by atoms with Crippen LogP contribution in [0.1, 0.15) is 25.7 Å². The Morgan fingerprint density at radius 3 is 2.54 bits per heavy atom. The van der Waals surface area contributed by atoms with Gasteiger partial charge in [0.25, 0.3) is 0 Å². The molecular formula is C10H20O3. The second-order valence-electron chi connectivity index (χ2n) is 3.51. The van der Waals surface area contributed by atoms with E-state index in [0.717, 1.165) is 6.42 Å². The van der Waals surface area contributed by atoms with Crippen LogP contribution in [0.25, 0.3) is 0 Å². The molecule has 0 aromatic carbocycles. The first-order chi connectivity index (χ1) is 6.36. The summed E-state index contributed by atoms with van der Waals surface area (Å²) in [5, 5.41) is 0. The molecule has 0 aliphatic heterocycles. The summed E-state index contributed by atoms with van der Waals surface area (Å²) in [6.45, 7) is 1.39. The van der Waals surface area contributed by atoms with Crippen molar-refractivity contribution in [3.63, 3.8) is 0 Å². The van der Waals surface area contributed by atoms with E-state index in [9.17, 15) is 0 Å². The molecule has 3 heteroatoms. The van der Waals surface area contributed by atoms with Gasteiger partial charge in [0.2, 0.25) is 0 Å². The van der Waals surface area contributed by atoms with E-state index in [1.54, 1.807) is 14.2 Å². The van der Waals surface area contributed by atoms with E-state index in [2.05, 4.69) is 0 Å². The minimum Gasteiger partial charge on any atom is -0.382 e. The minimum absolute atomic E-state index is 0.383. The van der Waals surface area contributed by atoms with Gasteiger partial charge < -0.3 is 14.2 Å². The Morgan fingerprint density at radius 2 is 1.85 bits per heavy atom. The topological polar surface area (TPSA) is 27.7 Å². The monoisotopic (exact) mass is 188 g/mol. The van der Waals surface area contributed by atoms with Crippen LogP contribution < -0.4 is 0 Å². The molecule has 0 N–H and O–H groups in total. The maximum absolute atomic E-state index is 5.65. The molecule has 2 atom stereocenters. The van der Waals surface area contributed by atoms with E-state index in [-0.39, 0.29) is 0 Å². The molecule has 3 nitrogen and oxygen atoms in total. The van der Waals surface area contributed by atoms with Gasteiger partial charge in [0.15, 0.2) is 0 Å². The van der Waals surface area contributed by atoms with Crippen LogP contribution in [0.3, 0.4) is 0 Å². The van der Waals surface area contributed by atoms with E-state index in [0.29, 0.717) is 25.4 Å². The Hall–Kier alpha value is -0.120. The molecule has 0 saturated heterocycles. The summed E-state index contributed by atoms with van der Waals surface area (Å²) in [6.07, 6.45) is 5.40. The van der Waals surface area contributed by atoms with Gasteiger partial charge in [-0.15, -0.1) is 0 Å². The summed E-state index contributed by atoms with van der Waals surface area (Å²) in [6, 6.07) is 0. The highest BCUT2D eigenvalue weighted by Gasteiger charge is 2.21. The standard InChI is InChI=1S/C10H20O3/c1-11-6-7-13-10-5-3-4-9(8-10)12-2/h9-10H,3-8H2,1-2H3. The summed E-state index contributed by atoms with van der Waals surface area (Å²) in [5.74, 6) is 0. The average Bonchev–Trinajstić information content (AvgIpc) is 2.19. The van der Waals surface area contributed by atoms with Gasteiger partial charge in [-0.25, -0.2) is 0 Å². The third-order valence-electron chi connectivity index (χ3n) is 2.55. The summed E-state index contributed by atoms with van der Waals surface area (Å²) in [5.41, 5.74) is 0. The summed E-state index contributed by atoms with van der Waals surface area (Å²) >= 11 is 0. The fraction of sp³-hybridized carbons (Fsp3) is 1.00. The maximum Gasteiger partial charge on any atom is 0.0704 e. The largest absolute Gasteiger partial charge is 0.382 e. The molecule has 1 aliphatic rings. The molecule has 78 valence electrons. The molecular weight excluding hydrogens is 168 g/mol. The molecule has 1 aliphatic carbocycles. The van der Waals surface area contributed by atoms with Gasteiger partial charge in [-0.1, -0.05) is 0 Å². The molecule has 1 rings (SSSR count). The maximum atomic E-state index is 5.65. The first-order valence-electron chi connectivity index (χ1n) is 5.00. The van der Waals surface area contributed by atoms with Gasteiger partial charge in [0.1, 0.15) is 0 Å². The lowest BCUT2D eigenvalue weighted by molar-refractivity contribution is -0.0421. The van der Waals surface area contributed by atoms with Crippen molar-refractivity contribution in [1.29, 1.82) is 0 Å². The Balaban J connectivity index is 2.11. The summed E-state index contributed by atoms with van der Waals surface area (Å²) < 4.78 is 15.9. The number of hydrogen-bond donors (Lipinski definition) is 0. The van der Waals surface area contributed by atoms with E-state index < -0.39 is 0 Å². The Bertz CT molecular complexity index is 127. The van der Waals surface area contributed by atoms with Crippen molar-refractivity contribution < 1.29 is 14.2 Å². The van der Waals surface area contributed by atoms with Crippen molar-refractivity contribution in [3.05, 3.63) is 0 Å². The van der Waals surface area contributed by atoms with Crippen LogP contribution in [-0.4, -0.2) is 39.6 Å². The Morgan fingerprint density at radius 1 is 1.08 bits per heavy atom. The molecule has 0 aromatic heterocycles. The second kappa shape index (κ2) is 6.35. The van der Waals surface area contributed by atoms with E-state index in [4.69, 9.17) is 14.2 Å². The molecule has 13 heavy (non-hydrogen) atoms. The smallest absolute Gasteiger partial charge is 0.0704 e. The molecule has 2 unspecified atom stereocenters. The predicted molar refractivity (Wildman–Crippen MR) is 50.9 cm³/mol. The fourth-order valence-corrected chi connectivity index (χ4v) is 1.77. The zero-order chi connectivity index (χ0) is 9.52. The highest BCUT2D eigenvalue weighted by atomic mass is 16.5. The summed E-state index contributed by atoms with van der Waals surface area (Å²) in [7, 11) is 3.48. The van der Waals surface area contributed by atoms with Gasteiger partial charge in [-0.3, -0.25) is 0 Å². The molecule has 0 radical (unpaired) electrons. The zero-order valence-electron chi connectivity index (χ0n) is 8.62.